The molecule has 2 aromatic carbocycles. The Morgan fingerprint density at radius 3 is 2.42 bits per heavy atom. The molecule has 7 heteroatoms. The summed E-state index contributed by atoms with van der Waals surface area (Å²) in [4.78, 5) is 24.4. The van der Waals surface area contributed by atoms with E-state index >= 15 is 0 Å². The number of benzene rings is 2. The second kappa shape index (κ2) is 7.29. The van der Waals surface area contributed by atoms with Gasteiger partial charge in [-0.1, -0.05) is 42.5 Å². The van der Waals surface area contributed by atoms with Gasteiger partial charge < -0.3 is 5.32 Å². The minimum Gasteiger partial charge on any atom is -0.350 e. The van der Waals surface area contributed by atoms with Gasteiger partial charge in [-0.25, -0.2) is 12.7 Å². The van der Waals surface area contributed by atoms with Gasteiger partial charge in [-0.3, -0.25) is 9.59 Å². The number of carbonyl (C=O) groups is 2. The van der Waals surface area contributed by atoms with Gasteiger partial charge in [-0.05, 0) is 31.0 Å². The maximum absolute atomic E-state index is 12.4. The molecule has 1 aliphatic rings. The standard InChI is InChI=1S/C19H20N2O4S/c1-14(15-8-3-2-4-9-15)20-18(22)12-7-13-21-19(23)16-10-5-6-11-17(16)26(21,24)25/h2-6,8-11,14H,7,12-13H2,1H3,(H,20,22)/t14-/m1/s1. The van der Waals surface area contributed by atoms with Crippen molar-refractivity contribution in [2.45, 2.75) is 30.7 Å². The second-order valence-electron chi connectivity index (χ2n) is 6.18. The zero-order valence-corrected chi connectivity index (χ0v) is 15.2. The van der Waals surface area contributed by atoms with Crippen LogP contribution in [0.25, 0.3) is 0 Å². The predicted molar refractivity (Wildman–Crippen MR) is 96.9 cm³/mol. The lowest BCUT2D eigenvalue weighted by Gasteiger charge is -2.16. The first-order valence-electron chi connectivity index (χ1n) is 8.41. The number of nitrogens with zero attached hydrogens (tertiary/aromatic N) is 1. The fourth-order valence-electron chi connectivity index (χ4n) is 2.97. The molecular formula is C19H20N2O4S. The fourth-order valence-corrected chi connectivity index (χ4v) is 4.58. The number of rotatable bonds is 6. The average molecular weight is 372 g/mol. The highest BCUT2D eigenvalue weighted by Gasteiger charge is 2.40. The third-order valence-corrected chi connectivity index (χ3v) is 6.19. The van der Waals surface area contributed by atoms with Crippen molar-refractivity contribution in [1.29, 1.82) is 0 Å². The number of hydrogen-bond donors (Lipinski definition) is 1. The van der Waals surface area contributed by atoms with Crippen LogP contribution in [0.3, 0.4) is 0 Å². The van der Waals surface area contributed by atoms with E-state index < -0.39 is 15.9 Å². The summed E-state index contributed by atoms with van der Waals surface area (Å²) in [6.07, 6.45) is 0.416. The van der Waals surface area contributed by atoms with Crippen LogP contribution in [0.1, 0.15) is 41.7 Å². The smallest absolute Gasteiger partial charge is 0.269 e. The Morgan fingerprint density at radius 1 is 1.08 bits per heavy atom. The van der Waals surface area contributed by atoms with Gasteiger partial charge in [0.1, 0.15) is 4.90 Å². The van der Waals surface area contributed by atoms with Crippen molar-refractivity contribution < 1.29 is 18.0 Å². The van der Waals surface area contributed by atoms with Gasteiger partial charge >= 0.3 is 0 Å². The van der Waals surface area contributed by atoms with Gasteiger partial charge in [0, 0.05) is 13.0 Å². The highest BCUT2D eigenvalue weighted by molar-refractivity contribution is 7.90. The van der Waals surface area contributed by atoms with E-state index in [4.69, 9.17) is 0 Å². The highest BCUT2D eigenvalue weighted by Crippen LogP contribution is 2.30. The zero-order valence-electron chi connectivity index (χ0n) is 14.4. The molecule has 0 aliphatic carbocycles. The monoisotopic (exact) mass is 372 g/mol. The van der Waals surface area contributed by atoms with Crippen LogP contribution in [0, 0.1) is 0 Å². The van der Waals surface area contributed by atoms with Crippen molar-refractivity contribution in [2.24, 2.45) is 0 Å². The summed E-state index contributed by atoms with van der Waals surface area (Å²) in [6.45, 7) is 1.88. The summed E-state index contributed by atoms with van der Waals surface area (Å²) in [7, 11) is -3.81. The molecule has 0 spiro atoms. The summed E-state index contributed by atoms with van der Waals surface area (Å²) < 4.78 is 25.7. The average Bonchev–Trinajstić information content (AvgIpc) is 2.83. The molecule has 1 atom stereocenters. The molecule has 26 heavy (non-hydrogen) atoms. The lowest BCUT2D eigenvalue weighted by atomic mass is 10.1. The van der Waals surface area contributed by atoms with E-state index in [1.54, 1.807) is 12.1 Å². The lowest BCUT2D eigenvalue weighted by molar-refractivity contribution is -0.121. The number of carbonyl (C=O) groups excluding carboxylic acids is 2. The number of sulfonamides is 1. The van der Waals surface area contributed by atoms with Crippen molar-refractivity contribution in [3.63, 3.8) is 0 Å². The predicted octanol–water partition coefficient (Wildman–Crippen LogP) is 2.49. The Balaban J connectivity index is 1.56. The molecule has 0 saturated carbocycles. The summed E-state index contributed by atoms with van der Waals surface area (Å²) in [5.74, 6) is -0.707. The third kappa shape index (κ3) is 3.48. The number of fused-ring (bicyclic) bond motifs is 1. The van der Waals surface area contributed by atoms with Gasteiger partial charge in [0.15, 0.2) is 0 Å². The van der Waals surface area contributed by atoms with Crippen LogP contribution >= 0.6 is 0 Å². The Kier molecular flexibility index (Phi) is 5.08. The molecule has 0 bridgehead atoms. The van der Waals surface area contributed by atoms with Crippen LogP contribution in [0.15, 0.2) is 59.5 Å². The number of amides is 2. The molecule has 0 aromatic heterocycles. The number of nitrogens with one attached hydrogen (secondary N) is 1. The van der Waals surface area contributed by atoms with Crippen molar-refractivity contribution in [3.8, 4) is 0 Å². The maximum atomic E-state index is 12.4. The Morgan fingerprint density at radius 2 is 1.73 bits per heavy atom. The van der Waals surface area contributed by atoms with E-state index in [2.05, 4.69) is 5.32 Å². The van der Waals surface area contributed by atoms with Gasteiger partial charge in [0.05, 0.1) is 11.6 Å². The lowest BCUT2D eigenvalue weighted by Crippen LogP contribution is -2.32. The van der Waals surface area contributed by atoms with Crippen LogP contribution in [0.2, 0.25) is 0 Å². The SMILES string of the molecule is C[C@@H](NC(=O)CCCN1C(=O)c2ccccc2S1(=O)=O)c1ccccc1. The summed E-state index contributed by atoms with van der Waals surface area (Å²) in [5, 5.41) is 2.88. The Hall–Kier alpha value is -2.67. The normalized spacial score (nSPS) is 16.2. The van der Waals surface area contributed by atoms with Crippen LogP contribution in [0.5, 0.6) is 0 Å². The van der Waals surface area contributed by atoms with E-state index in [0.29, 0.717) is 0 Å². The summed E-state index contributed by atoms with van der Waals surface area (Å²) in [5.41, 5.74) is 1.18. The molecule has 136 valence electrons. The molecule has 0 fully saturated rings. The second-order valence-corrected chi connectivity index (χ2v) is 8.01. The van der Waals surface area contributed by atoms with Crippen molar-refractivity contribution in [2.75, 3.05) is 6.54 Å². The minimum absolute atomic E-state index is 0.0109. The Bertz CT molecular complexity index is 926. The summed E-state index contributed by atoms with van der Waals surface area (Å²) >= 11 is 0. The van der Waals surface area contributed by atoms with E-state index in [0.717, 1.165) is 9.87 Å². The molecule has 1 heterocycles. The molecule has 3 rings (SSSR count). The molecule has 2 aromatic rings. The van der Waals surface area contributed by atoms with Gasteiger partial charge in [-0.15, -0.1) is 0 Å². The summed E-state index contributed by atoms with van der Waals surface area (Å²) in [6, 6.07) is 15.6. The van der Waals surface area contributed by atoms with Crippen LogP contribution in [-0.2, 0) is 14.8 Å². The first kappa shape index (κ1) is 18.1. The highest BCUT2D eigenvalue weighted by atomic mass is 32.2. The molecule has 0 radical (unpaired) electrons. The first-order chi connectivity index (χ1) is 12.4. The van der Waals surface area contributed by atoms with E-state index in [1.165, 1.54) is 12.1 Å². The molecule has 1 N–H and O–H groups in total. The van der Waals surface area contributed by atoms with Crippen LogP contribution < -0.4 is 5.32 Å². The van der Waals surface area contributed by atoms with Gasteiger partial charge in [0.25, 0.3) is 15.9 Å². The van der Waals surface area contributed by atoms with Crippen molar-refractivity contribution >= 4 is 21.8 Å². The van der Waals surface area contributed by atoms with E-state index in [9.17, 15) is 18.0 Å². The molecule has 6 nitrogen and oxygen atoms in total. The van der Waals surface area contributed by atoms with E-state index in [1.807, 2.05) is 37.3 Å². The topological polar surface area (TPSA) is 83.6 Å². The van der Waals surface area contributed by atoms with Crippen molar-refractivity contribution in [3.05, 3.63) is 65.7 Å². The molecule has 1 aliphatic heterocycles. The fraction of sp³-hybridized carbons (Fsp3) is 0.263. The third-order valence-electron chi connectivity index (χ3n) is 4.35. The largest absolute Gasteiger partial charge is 0.350 e. The van der Waals surface area contributed by atoms with Crippen molar-refractivity contribution in [1.82, 2.24) is 9.62 Å². The molecule has 0 saturated heterocycles. The van der Waals surface area contributed by atoms with Crippen LogP contribution in [-0.4, -0.2) is 31.1 Å². The minimum atomic E-state index is -3.81. The zero-order chi connectivity index (χ0) is 18.7. The van der Waals surface area contributed by atoms with Gasteiger partial charge in [0.2, 0.25) is 5.91 Å². The Labute approximate surface area is 152 Å². The maximum Gasteiger partial charge on any atom is 0.269 e. The molecule has 0 unspecified atom stereocenters. The number of hydrogen-bond acceptors (Lipinski definition) is 4. The first-order valence-corrected chi connectivity index (χ1v) is 9.85. The van der Waals surface area contributed by atoms with E-state index in [-0.39, 0.29) is 41.8 Å². The quantitative estimate of drug-likeness (QED) is 0.844. The molecular weight excluding hydrogens is 352 g/mol. The van der Waals surface area contributed by atoms with Crippen LogP contribution in [0.4, 0.5) is 0 Å². The molecule has 2 amide bonds. The van der Waals surface area contributed by atoms with Gasteiger partial charge in [-0.2, -0.15) is 0 Å².